The third kappa shape index (κ3) is 4.94. The summed E-state index contributed by atoms with van der Waals surface area (Å²) in [6.45, 7) is 4.66. The first-order chi connectivity index (χ1) is 24.0. The van der Waals surface area contributed by atoms with Gasteiger partial charge in [0.15, 0.2) is 5.82 Å². The lowest BCUT2D eigenvalue weighted by Crippen LogP contribution is -2.14. The zero-order valence-electron chi connectivity index (χ0n) is 27.4. The molecule has 3 nitrogen and oxygen atoms in total. The molecule has 6 aromatic carbocycles. The average Bonchev–Trinajstić information content (AvgIpc) is 3.40. The minimum absolute atomic E-state index is 0.0211. The Hall–Kier alpha value is -6.19. The van der Waals surface area contributed by atoms with Crippen molar-refractivity contribution in [2.24, 2.45) is 0 Å². The van der Waals surface area contributed by atoms with E-state index in [-0.39, 0.29) is 5.41 Å². The van der Waals surface area contributed by atoms with Crippen LogP contribution >= 0.6 is 0 Å². The lowest BCUT2D eigenvalue weighted by Gasteiger charge is -2.21. The lowest BCUT2D eigenvalue weighted by atomic mass is 9.82. The molecular weight excluding hydrogens is 595 g/mol. The summed E-state index contributed by atoms with van der Waals surface area (Å²) in [7, 11) is 0. The van der Waals surface area contributed by atoms with Gasteiger partial charge in [0.05, 0.1) is 11.4 Å². The summed E-state index contributed by atoms with van der Waals surface area (Å²) >= 11 is 0. The number of fused-ring (bicyclic) bond motifs is 4. The van der Waals surface area contributed by atoms with Gasteiger partial charge in [-0.05, 0) is 80.0 Å². The molecule has 8 aromatic rings. The van der Waals surface area contributed by atoms with Crippen LogP contribution in [-0.2, 0) is 5.41 Å². The van der Waals surface area contributed by atoms with Crippen LogP contribution in [0.5, 0.6) is 0 Å². The van der Waals surface area contributed by atoms with E-state index in [0.717, 1.165) is 44.6 Å². The Bertz CT molecular complexity index is 2520. The molecule has 0 atom stereocenters. The van der Waals surface area contributed by atoms with E-state index in [1.807, 2.05) is 18.3 Å². The van der Waals surface area contributed by atoms with Gasteiger partial charge in [0.25, 0.3) is 0 Å². The van der Waals surface area contributed by atoms with E-state index in [1.54, 1.807) is 6.20 Å². The van der Waals surface area contributed by atoms with Gasteiger partial charge in [-0.2, -0.15) is 0 Å². The monoisotopic (exact) mass is 627 g/mol. The van der Waals surface area contributed by atoms with E-state index in [4.69, 9.17) is 9.97 Å². The van der Waals surface area contributed by atoms with Gasteiger partial charge in [-0.1, -0.05) is 135 Å². The zero-order valence-corrected chi connectivity index (χ0v) is 27.4. The molecule has 0 saturated heterocycles. The first-order valence-electron chi connectivity index (χ1n) is 16.8. The maximum absolute atomic E-state index is 5.25. The van der Waals surface area contributed by atoms with Crippen LogP contribution in [0.25, 0.3) is 78.1 Å². The molecule has 0 amide bonds. The van der Waals surface area contributed by atoms with Crippen molar-refractivity contribution in [2.75, 3.05) is 0 Å². The normalized spacial score (nSPS) is 12.9. The molecule has 232 valence electrons. The zero-order chi connectivity index (χ0) is 33.0. The molecule has 0 aliphatic heterocycles. The standard InChI is InChI=1S/C46H33N3/c1-46(2)41-20-9-8-19-38(41)40-27-32(21-24-42(40)46)35-22-23-39(37-18-7-6-17-36(35)37)45-48-43(30-12-4-3-5-13-30)28-44(49-45)33-15-10-14-31(26-33)34-16-11-25-47-29-34/h3-29H,1-2H3. The summed E-state index contributed by atoms with van der Waals surface area (Å²) < 4.78 is 0. The van der Waals surface area contributed by atoms with Gasteiger partial charge < -0.3 is 0 Å². The molecular formula is C46H33N3. The maximum atomic E-state index is 5.25. The molecule has 0 fully saturated rings. The summed E-state index contributed by atoms with van der Waals surface area (Å²) in [6.07, 6.45) is 3.70. The van der Waals surface area contributed by atoms with Gasteiger partial charge >= 0.3 is 0 Å². The highest BCUT2D eigenvalue weighted by atomic mass is 14.9. The third-order valence-corrected chi connectivity index (χ3v) is 10.0. The number of aromatic nitrogens is 3. The highest BCUT2D eigenvalue weighted by Crippen LogP contribution is 2.50. The Labute approximate surface area is 286 Å². The Balaban J connectivity index is 1.21. The molecule has 49 heavy (non-hydrogen) atoms. The molecule has 2 heterocycles. The molecule has 0 bridgehead atoms. The van der Waals surface area contributed by atoms with Crippen LogP contribution < -0.4 is 0 Å². The van der Waals surface area contributed by atoms with Crippen LogP contribution in [0.1, 0.15) is 25.0 Å². The van der Waals surface area contributed by atoms with Crippen LogP contribution in [0.4, 0.5) is 0 Å². The number of pyridine rings is 1. The van der Waals surface area contributed by atoms with Gasteiger partial charge in [-0.15, -0.1) is 0 Å². The molecule has 0 spiro atoms. The quantitative estimate of drug-likeness (QED) is 0.191. The SMILES string of the molecule is CC1(C)c2ccccc2-c2cc(-c3ccc(-c4nc(-c5ccccc5)cc(-c5cccc(-c6cccnc6)c5)n4)c4ccccc34)ccc21. The smallest absolute Gasteiger partial charge is 0.161 e. The first-order valence-corrected chi connectivity index (χ1v) is 16.8. The summed E-state index contributed by atoms with van der Waals surface area (Å²) in [6, 6.07) is 53.9. The molecule has 1 aliphatic carbocycles. The van der Waals surface area contributed by atoms with E-state index >= 15 is 0 Å². The predicted octanol–water partition coefficient (Wildman–Crippen LogP) is 11.7. The van der Waals surface area contributed by atoms with Crippen molar-refractivity contribution in [3.8, 4) is 67.3 Å². The summed E-state index contributed by atoms with van der Waals surface area (Å²) in [5.41, 5.74) is 14.8. The second-order valence-corrected chi connectivity index (χ2v) is 13.3. The molecule has 0 N–H and O–H groups in total. The Kier molecular flexibility index (Phi) is 6.80. The van der Waals surface area contributed by atoms with Crippen molar-refractivity contribution in [1.29, 1.82) is 0 Å². The lowest BCUT2D eigenvalue weighted by molar-refractivity contribution is 0.660. The van der Waals surface area contributed by atoms with Crippen LogP contribution in [0, 0.1) is 0 Å². The molecule has 0 radical (unpaired) electrons. The van der Waals surface area contributed by atoms with E-state index in [2.05, 4.69) is 158 Å². The van der Waals surface area contributed by atoms with Crippen LogP contribution in [0.2, 0.25) is 0 Å². The Morgan fingerprint density at radius 2 is 1.06 bits per heavy atom. The van der Waals surface area contributed by atoms with Gasteiger partial charge in [-0.3, -0.25) is 4.98 Å². The van der Waals surface area contributed by atoms with E-state index in [9.17, 15) is 0 Å². The van der Waals surface area contributed by atoms with Crippen LogP contribution in [0.3, 0.4) is 0 Å². The van der Waals surface area contributed by atoms with Crippen LogP contribution in [0.15, 0.2) is 164 Å². The van der Waals surface area contributed by atoms with Gasteiger partial charge in [0.1, 0.15) is 0 Å². The predicted molar refractivity (Wildman–Crippen MR) is 202 cm³/mol. The number of hydrogen-bond acceptors (Lipinski definition) is 3. The topological polar surface area (TPSA) is 38.7 Å². The van der Waals surface area contributed by atoms with Crippen molar-refractivity contribution in [3.63, 3.8) is 0 Å². The van der Waals surface area contributed by atoms with E-state index in [0.29, 0.717) is 5.82 Å². The minimum Gasteiger partial charge on any atom is -0.264 e. The summed E-state index contributed by atoms with van der Waals surface area (Å²) in [5.74, 6) is 0.704. The molecule has 3 heteroatoms. The summed E-state index contributed by atoms with van der Waals surface area (Å²) in [5, 5.41) is 2.31. The molecule has 0 unspecified atom stereocenters. The fourth-order valence-corrected chi connectivity index (χ4v) is 7.50. The molecule has 0 saturated carbocycles. The molecule has 2 aromatic heterocycles. The third-order valence-electron chi connectivity index (χ3n) is 10.0. The highest BCUT2D eigenvalue weighted by molar-refractivity contribution is 6.05. The van der Waals surface area contributed by atoms with E-state index in [1.165, 1.54) is 38.8 Å². The maximum Gasteiger partial charge on any atom is 0.161 e. The number of rotatable bonds is 5. The fraction of sp³-hybridized carbons (Fsp3) is 0.0652. The number of benzene rings is 6. The second-order valence-electron chi connectivity index (χ2n) is 13.3. The number of hydrogen-bond donors (Lipinski definition) is 0. The van der Waals surface area contributed by atoms with Gasteiger partial charge in [-0.25, -0.2) is 9.97 Å². The van der Waals surface area contributed by atoms with Crippen molar-refractivity contribution >= 4 is 10.8 Å². The summed E-state index contributed by atoms with van der Waals surface area (Å²) in [4.78, 5) is 14.8. The van der Waals surface area contributed by atoms with Gasteiger partial charge in [0.2, 0.25) is 0 Å². The number of nitrogens with zero attached hydrogens (tertiary/aromatic N) is 3. The minimum atomic E-state index is -0.0211. The van der Waals surface area contributed by atoms with Crippen molar-refractivity contribution in [3.05, 3.63) is 175 Å². The second kappa shape index (κ2) is 11.5. The Morgan fingerprint density at radius 3 is 1.88 bits per heavy atom. The fourth-order valence-electron chi connectivity index (χ4n) is 7.50. The largest absolute Gasteiger partial charge is 0.264 e. The van der Waals surface area contributed by atoms with Crippen molar-refractivity contribution in [2.45, 2.75) is 19.3 Å². The van der Waals surface area contributed by atoms with E-state index < -0.39 is 0 Å². The van der Waals surface area contributed by atoms with Crippen LogP contribution in [-0.4, -0.2) is 15.0 Å². The van der Waals surface area contributed by atoms with Crippen molar-refractivity contribution in [1.82, 2.24) is 15.0 Å². The molecule has 1 aliphatic rings. The Morgan fingerprint density at radius 1 is 0.408 bits per heavy atom. The highest BCUT2D eigenvalue weighted by Gasteiger charge is 2.35. The van der Waals surface area contributed by atoms with Gasteiger partial charge in [0, 0.05) is 40.1 Å². The average molecular weight is 628 g/mol. The first kappa shape index (κ1) is 29.0. The molecule has 9 rings (SSSR count). The van der Waals surface area contributed by atoms with Crippen molar-refractivity contribution < 1.29 is 0 Å².